The Morgan fingerprint density at radius 3 is 1.81 bits per heavy atom. The molecule has 5 rings (SSSR count). The number of pyridine rings is 1. The predicted molar refractivity (Wildman–Crippen MR) is 184 cm³/mol. The Labute approximate surface area is 303 Å². The van der Waals surface area contributed by atoms with E-state index in [4.69, 9.17) is 28.4 Å². The lowest BCUT2D eigenvalue weighted by molar-refractivity contribution is -0.153. The lowest BCUT2D eigenvalue weighted by atomic mass is 9.93. The third-order valence-corrected chi connectivity index (χ3v) is 7.76. The molecule has 0 spiro atoms. The Morgan fingerprint density at radius 1 is 0.698 bits per heavy atom. The number of nitrogens with zero attached hydrogens (tertiary/aromatic N) is 1. The van der Waals surface area contributed by atoms with Gasteiger partial charge < -0.3 is 33.7 Å². The Balaban J connectivity index is 1.61. The van der Waals surface area contributed by atoms with E-state index in [1.54, 1.807) is 60.7 Å². The number of aromatic nitrogens is 1. The molecule has 1 amide bonds. The second-order valence-electron chi connectivity index (χ2n) is 11.4. The molecular weight excluding hydrogens is 688 g/mol. The molecule has 14 heteroatoms. The third kappa shape index (κ3) is 9.91. The molecule has 5 atom stereocenters. The molecule has 53 heavy (non-hydrogen) atoms. The molecule has 0 radical (unpaired) electrons. The number of benzene rings is 3. The largest absolute Gasteiger partial charge is 0.477 e. The lowest BCUT2D eigenvalue weighted by Gasteiger charge is -2.41. The monoisotopic (exact) mass is 722 g/mol. The van der Waals surface area contributed by atoms with Gasteiger partial charge in [0.1, 0.15) is 24.4 Å². The summed E-state index contributed by atoms with van der Waals surface area (Å²) < 4.78 is 34.2. The summed E-state index contributed by atoms with van der Waals surface area (Å²) in [6.45, 7) is 0.459. The first-order valence-corrected chi connectivity index (χ1v) is 16.2. The van der Waals surface area contributed by atoms with Crippen molar-refractivity contribution in [3.05, 3.63) is 150 Å². The zero-order chi connectivity index (χ0) is 37.7. The maximum Gasteiger partial charge on any atom is 0.373 e. The molecule has 3 aromatic carbocycles. The van der Waals surface area contributed by atoms with Crippen LogP contribution in [0.1, 0.15) is 48.5 Å². The second-order valence-corrected chi connectivity index (χ2v) is 11.4. The summed E-state index contributed by atoms with van der Waals surface area (Å²) in [6, 6.07) is 26.7. The van der Waals surface area contributed by atoms with Crippen LogP contribution in [0.25, 0.3) is 0 Å². The number of ether oxygens (including phenoxy) is 6. The van der Waals surface area contributed by atoms with Crippen LogP contribution >= 0.6 is 0 Å². The van der Waals surface area contributed by atoms with E-state index in [-0.39, 0.29) is 22.4 Å². The fourth-order valence-corrected chi connectivity index (χ4v) is 5.27. The Hall–Kier alpha value is -6.83. The SMILES string of the molecule is COC(=O)C1=C[C@H](OC(=O)c2ccccc2)[C@@H](NC(C)=O)[C@H](C(OC(=O)c2ccccn2)C(COC(=O)c2ccccc2)OC(=O)c2ccccc2)O1. The molecule has 0 saturated carbocycles. The number of hydrogen-bond acceptors (Lipinski definition) is 13. The Bertz CT molecular complexity index is 1940. The van der Waals surface area contributed by atoms with E-state index in [0.717, 1.165) is 13.2 Å². The van der Waals surface area contributed by atoms with Gasteiger partial charge in [0.2, 0.25) is 11.7 Å². The van der Waals surface area contributed by atoms with Crippen LogP contribution < -0.4 is 5.32 Å². The first-order chi connectivity index (χ1) is 25.6. The van der Waals surface area contributed by atoms with Crippen LogP contribution in [0.15, 0.2) is 127 Å². The van der Waals surface area contributed by atoms with Crippen molar-refractivity contribution >= 4 is 35.8 Å². The van der Waals surface area contributed by atoms with Crippen molar-refractivity contribution in [2.24, 2.45) is 0 Å². The van der Waals surface area contributed by atoms with Gasteiger partial charge in [0.05, 0.1) is 23.8 Å². The standard InChI is InChI=1S/C39H34N2O12/c1-24(42)41-32-29(51-36(44)26-16-8-4-9-17-26)22-30(39(47)48-2)50-34(32)33(53-38(46)28-20-12-13-21-40-28)31(52-37(45)27-18-10-5-11-19-27)23-49-35(43)25-14-6-3-7-15-25/h3-22,29,31-34H,23H2,1-2H3,(H,41,42)/t29-,31?,32+,33?,34+/m0/s1. The van der Waals surface area contributed by atoms with Gasteiger partial charge in [-0.25, -0.2) is 29.0 Å². The molecule has 0 saturated heterocycles. The summed E-state index contributed by atoms with van der Waals surface area (Å²) in [5.74, 6) is -5.73. The van der Waals surface area contributed by atoms with E-state index in [1.807, 2.05) is 0 Å². The van der Waals surface area contributed by atoms with Gasteiger partial charge in [-0.2, -0.15) is 0 Å². The molecule has 2 unspecified atom stereocenters. The van der Waals surface area contributed by atoms with Crippen LogP contribution in [0.4, 0.5) is 0 Å². The van der Waals surface area contributed by atoms with E-state index in [9.17, 15) is 28.8 Å². The molecule has 0 fully saturated rings. The zero-order valence-electron chi connectivity index (χ0n) is 28.5. The fraction of sp³-hybridized carbons (Fsp3) is 0.205. The minimum absolute atomic E-state index is 0.0921. The number of rotatable bonds is 13. The van der Waals surface area contributed by atoms with Gasteiger partial charge in [0.25, 0.3) is 0 Å². The summed E-state index contributed by atoms with van der Waals surface area (Å²) in [5, 5.41) is 2.65. The Morgan fingerprint density at radius 2 is 1.26 bits per heavy atom. The van der Waals surface area contributed by atoms with Crippen molar-refractivity contribution in [1.29, 1.82) is 0 Å². The average molecular weight is 723 g/mol. The van der Waals surface area contributed by atoms with Crippen molar-refractivity contribution in [2.45, 2.75) is 37.4 Å². The van der Waals surface area contributed by atoms with Crippen molar-refractivity contribution < 1.29 is 57.2 Å². The van der Waals surface area contributed by atoms with E-state index in [0.29, 0.717) is 0 Å². The number of amides is 1. The maximum atomic E-state index is 13.7. The van der Waals surface area contributed by atoms with E-state index in [2.05, 4.69) is 10.3 Å². The highest BCUT2D eigenvalue weighted by Crippen LogP contribution is 2.30. The topological polar surface area (TPSA) is 183 Å². The molecule has 14 nitrogen and oxygen atoms in total. The average Bonchev–Trinajstić information content (AvgIpc) is 3.19. The second kappa shape index (κ2) is 17.9. The van der Waals surface area contributed by atoms with Crippen LogP contribution in [0.5, 0.6) is 0 Å². The molecule has 2 heterocycles. The summed E-state index contributed by atoms with van der Waals surface area (Å²) in [7, 11) is 1.08. The number of methoxy groups -OCH3 is 1. The highest BCUT2D eigenvalue weighted by molar-refractivity contribution is 5.91. The van der Waals surface area contributed by atoms with E-state index in [1.165, 1.54) is 61.7 Å². The molecule has 272 valence electrons. The number of nitrogens with one attached hydrogen (secondary N) is 1. The number of hydrogen-bond donors (Lipinski definition) is 1. The zero-order valence-corrected chi connectivity index (χ0v) is 28.5. The van der Waals surface area contributed by atoms with Crippen molar-refractivity contribution in [3.8, 4) is 0 Å². The third-order valence-electron chi connectivity index (χ3n) is 7.76. The number of carbonyl (C=O) groups is 6. The van der Waals surface area contributed by atoms with Gasteiger partial charge in [-0.3, -0.25) is 4.79 Å². The van der Waals surface area contributed by atoms with Crippen molar-refractivity contribution in [3.63, 3.8) is 0 Å². The first-order valence-electron chi connectivity index (χ1n) is 16.2. The van der Waals surface area contributed by atoms with Crippen LogP contribution in [0.3, 0.4) is 0 Å². The minimum atomic E-state index is -1.79. The lowest BCUT2D eigenvalue weighted by Crippen LogP contribution is -2.62. The molecule has 0 bridgehead atoms. The minimum Gasteiger partial charge on any atom is -0.477 e. The van der Waals surface area contributed by atoms with Gasteiger partial charge in [-0.05, 0) is 48.5 Å². The first kappa shape index (κ1) is 37.4. The quantitative estimate of drug-likeness (QED) is 0.155. The molecule has 4 aromatic rings. The molecule has 1 aromatic heterocycles. The van der Waals surface area contributed by atoms with E-state index >= 15 is 0 Å². The molecular formula is C39H34N2O12. The summed E-state index contributed by atoms with van der Waals surface area (Å²) in [5.41, 5.74) is 0.228. The van der Waals surface area contributed by atoms with Gasteiger partial charge >= 0.3 is 29.8 Å². The molecule has 0 aliphatic carbocycles. The van der Waals surface area contributed by atoms with Gasteiger partial charge in [-0.1, -0.05) is 60.7 Å². The fourth-order valence-electron chi connectivity index (χ4n) is 5.27. The summed E-state index contributed by atoms with van der Waals surface area (Å²) >= 11 is 0. The summed E-state index contributed by atoms with van der Waals surface area (Å²) in [6.07, 6.45) is -4.11. The van der Waals surface area contributed by atoms with Gasteiger partial charge in [0, 0.05) is 19.2 Å². The summed E-state index contributed by atoms with van der Waals surface area (Å²) in [4.78, 5) is 83.5. The Kier molecular flexibility index (Phi) is 12.6. The predicted octanol–water partition coefficient (Wildman–Crippen LogP) is 3.88. The van der Waals surface area contributed by atoms with Crippen molar-refractivity contribution in [2.75, 3.05) is 13.7 Å². The highest BCUT2D eigenvalue weighted by Gasteiger charge is 2.50. The van der Waals surface area contributed by atoms with Crippen LogP contribution in [0, 0.1) is 0 Å². The van der Waals surface area contributed by atoms with E-state index < -0.39 is 78.6 Å². The van der Waals surface area contributed by atoms with Gasteiger partial charge in [-0.15, -0.1) is 0 Å². The molecule has 1 aliphatic heterocycles. The van der Waals surface area contributed by atoms with Crippen LogP contribution in [-0.4, -0.2) is 84.9 Å². The van der Waals surface area contributed by atoms with Crippen molar-refractivity contribution in [1.82, 2.24) is 10.3 Å². The molecule has 1 aliphatic rings. The molecule has 1 N–H and O–H groups in total. The van der Waals surface area contributed by atoms with Crippen LogP contribution in [0.2, 0.25) is 0 Å². The normalized spacial score (nSPS) is 17.3. The maximum absolute atomic E-state index is 13.7. The number of esters is 5. The number of carbonyl (C=O) groups excluding carboxylic acids is 6. The smallest absolute Gasteiger partial charge is 0.373 e. The van der Waals surface area contributed by atoms with Crippen LogP contribution in [-0.2, 0) is 38.0 Å². The van der Waals surface area contributed by atoms with Gasteiger partial charge in [0.15, 0.2) is 18.3 Å². The highest BCUT2D eigenvalue weighted by atomic mass is 16.6.